The molecule has 158 valence electrons. The lowest BCUT2D eigenvalue weighted by atomic mass is 10.1. The van der Waals surface area contributed by atoms with Crippen LogP contribution in [0.15, 0.2) is 65.2 Å². The van der Waals surface area contributed by atoms with Gasteiger partial charge in [0.2, 0.25) is 5.90 Å². The van der Waals surface area contributed by atoms with Crippen molar-refractivity contribution in [3.05, 3.63) is 83.2 Å². The highest BCUT2D eigenvalue weighted by Crippen LogP contribution is 2.41. The summed E-state index contributed by atoms with van der Waals surface area (Å²) in [6.45, 7) is 1.93. The Morgan fingerprint density at radius 3 is 2.61 bits per heavy atom. The minimum atomic E-state index is -1.42. The summed E-state index contributed by atoms with van der Waals surface area (Å²) in [4.78, 5) is 4.29. The minimum absolute atomic E-state index is 0.0487. The quantitative estimate of drug-likeness (QED) is 0.550. The monoisotopic (exact) mass is 434 g/mol. The van der Waals surface area contributed by atoms with Crippen LogP contribution in [0, 0.1) is 6.92 Å². The van der Waals surface area contributed by atoms with Crippen LogP contribution in [0.1, 0.15) is 46.6 Å². The molecule has 3 atom stereocenters. The van der Waals surface area contributed by atoms with Crippen molar-refractivity contribution in [3.8, 4) is 17.2 Å². The van der Waals surface area contributed by atoms with Crippen molar-refractivity contribution in [3.63, 3.8) is 0 Å². The summed E-state index contributed by atoms with van der Waals surface area (Å²) < 4.78 is 28.1. The van der Waals surface area contributed by atoms with Crippen molar-refractivity contribution in [2.45, 2.75) is 37.5 Å². The smallest absolute Gasteiger partial charge is 0.240 e. The van der Waals surface area contributed by atoms with Crippen LogP contribution in [0.2, 0.25) is 0 Å². The third kappa shape index (κ3) is 3.98. The van der Waals surface area contributed by atoms with Gasteiger partial charge in [-0.25, -0.2) is 0 Å². The largest absolute Gasteiger partial charge is 0.591 e. The van der Waals surface area contributed by atoms with Gasteiger partial charge in [0.25, 0.3) is 0 Å². The fourth-order valence-corrected chi connectivity index (χ4v) is 5.19. The molecule has 31 heavy (non-hydrogen) atoms. The maximum atomic E-state index is 12.0. The number of rotatable bonds is 5. The van der Waals surface area contributed by atoms with E-state index in [1.54, 1.807) is 6.20 Å². The maximum Gasteiger partial charge on any atom is 0.240 e. The summed E-state index contributed by atoms with van der Waals surface area (Å²) in [5.41, 5.74) is 4.04. The number of pyridine rings is 1. The Kier molecular flexibility index (Phi) is 5.29. The third-order valence-electron chi connectivity index (χ3n) is 5.69. The number of hydrogen-bond acceptors (Lipinski definition) is 5. The molecule has 2 heterocycles. The number of benzene rings is 2. The molecule has 5 rings (SSSR count). The van der Waals surface area contributed by atoms with Gasteiger partial charge in [-0.1, -0.05) is 24.3 Å². The predicted octanol–water partition coefficient (Wildman–Crippen LogP) is 5.31. The van der Waals surface area contributed by atoms with Gasteiger partial charge in [-0.15, -0.1) is 0 Å². The highest BCUT2D eigenvalue weighted by Gasteiger charge is 2.34. The van der Waals surface area contributed by atoms with Crippen LogP contribution in [0.3, 0.4) is 0 Å². The summed E-state index contributed by atoms with van der Waals surface area (Å²) in [6.07, 6.45) is 3.77. The highest BCUT2D eigenvalue weighted by atomic mass is 32.2. The topological polar surface area (TPSA) is 87.0 Å². The Balaban J connectivity index is 1.31. The molecular formula is C24H22N2O4S. The van der Waals surface area contributed by atoms with E-state index in [1.165, 1.54) is 5.56 Å². The van der Waals surface area contributed by atoms with Crippen molar-refractivity contribution in [1.82, 2.24) is 4.98 Å². The summed E-state index contributed by atoms with van der Waals surface area (Å²) >= 11 is -1.42. The molecule has 1 aliphatic heterocycles. The number of aliphatic hydroxyl groups is 1. The van der Waals surface area contributed by atoms with Crippen LogP contribution in [-0.4, -0.2) is 20.5 Å². The van der Waals surface area contributed by atoms with E-state index >= 15 is 0 Å². The Labute approximate surface area is 183 Å². The van der Waals surface area contributed by atoms with Gasteiger partial charge in [0.1, 0.15) is 34.7 Å². The summed E-state index contributed by atoms with van der Waals surface area (Å²) in [5, 5.41) is 9.22. The number of hydrogen-bond donors (Lipinski definition) is 1. The van der Waals surface area contributed by atoms with Crippen LogP contribution in [0.5, 0.6) is 17.2 Å². The first-order chi connectivity index (χ1) is 15.1. The second-order valence-corrected chi connectivity index (χ2v) is 9.01. The molecule has 2 aliphatic rings. The molecule has 2 unspecified atom stereocenters. The lowest BCUT2D eigenvalue weighted by Gasteiger charge is -2.17. The van der Waals surface area contributed by atoms with Crippen LogP contribution in [-0.2, 0) is 17.8 Å². The first-order valence-electron chi connectivity index (χ1n) is 10.2. The van der Waals surface area contributed by atoms with Gasteiger partial charge in [0.05, 0.1) is 12.1 Å². The number of aryl methyl sites for hydroxylation is 1. The summed E-state index contributed by atoms with van der Waals surface area (Å²) in [7, 11) is 0. The Hall–Kier alpha value is -3.03. The molecule has 1 aliphatic carbocycles. The van der Waals surface area contributed by atoms with Crippen molar-refractivity contribution in [2.75, 3.05) is 0 Å². The van der Waals surface area contributed by atoms with Gasteiger partial charge >= 0.3 is 0 Å². The average molecular weight is 435 g/mol. The van der Waals surface area contributed by atoms with Crippen molar-refractivity contribution < 1.29 is 19.1 Å². The van der Waals surface area contributed by atoms with Crippen LogP contribution in [0.25, 0.3) is 0 Å². The molecule has 0 fully saturated rings. The summed E-state index contributed by atoms with van der Waals surface area (Å²) in [5.74, 6) is 2.31. The second-order valence-electron chi connectivity index (χ2n) is 7.70. The molecule has 0 radical (unpaired) electrons. The van der Waals surface area contributed by atoms with E-state index in [9.17, 15) is 9.66 Å². The van der Waals surface area contributed by atoms with Gasteiger partial charge in [0, 0.05) is 17.3 Å². The van der Waals surface area contributed by atoms with Crippen LogP contribution >= 0.6 is 0 Å². The molecule has 6 nitrogen and oxygen atoms in total. The van der Waals surface area contributed by atoms with E-state index in [0.717, 1.165) is 46.9 Å². The zero-order valence-corrected chi connectivity index (χ0v) is 17.8. The second kappa shape index (κ2) is 8.24. The van der Waals surface area contributed by atoms with Crippen molar-refractivity contribution >= 4 is 17.3 Å². The molecule has 0 saturated carbocycles. The van der Waals surface area contributed by atoms with E-state index < -0.39 is 11.4 Å². The van der Waals surface area contributed by atoms with Gasteiger partial charge in [-0.3, -0.25) is 4.98 Å². The summed E-state index contributed by atoms with van der Waals surface area (Å²) in [6, 6.07) is 17.4. The van der Waals surface area contributed by atoms with E-state index in [0.29, 0.717) is 6.42 Å². The Morgan fingerprint density at radius 2 is 1.87 bits per heavy atom. The zero-order chi connectivity index (χ0) is 21.4. The minimum Gasteiger partial charge on any atom is -0.591 e. The Morgan fingerprint density at radius 1 is 1.06 bits per heavy atom. The number of nitrogens with zero attached hydrogens (tertiary/aromatic N) is 2. The van der Waals surface area contributed by atoms with Gasteiger partial charge < -0.3 is 19.1 Å². The number of fused-ring (bicyclic) bond motifs is 1. The molecule has 2 aromatic carbocycles. The maximum absolute atomic E-state index is 12.0. The van der Waals surface area contributed by atoms with Crippen LogP contribution in [0.4, 0.5) is 0 Å². The van der Waals surface area contributed by atoms with Gasteiger partial charge in [-0.2, -0.15) is 0 Å². The first-order valence-corrected chi connectivity index (χ1v) is 11.4. The van der Waals surface area contributed by atoms with Gasteiger partial charge in [-0.05, 0) is 60.1 Å². The van der Waals surface area contributed by atoms with Gasteiger partial charge in [0.15, 0.2) is 5.25 Å². The van der Waals surface area contributed by atoms with E-state index in [2.05, 4.69) is 15.4 Å². The lowest BCUT2D eigenvalue weighted by Crippen LogP contribution is -2.07. The molecule has 0 amide bonds. The predicted molar refractivity (Wildman–Crippen MR) is 119 cm³/mol. The molecular weight excluding hydrogens is 412 g/mol. The molecule has 0 bridgehead atoms. The molecule has 7 heteroatoms. The van der Waals surface area contributed by atoms with E-state index in [1.807, 2.05) is 55.5 Å². The SMILES string of the molecule is Cc1ncccc1Oc1cccc2c1CC[C@H]2Oc1ccc(C2CC(O)=N[S+]2[O-])cc1. The molecule has 1 N–H and O–H groups in total. The fourth-order valence-electron chi connectivity index (χ4n) is 4.10. The lowest BCUT2D eigenvalue weighted by molar-refractivity contribution is 0.207. The number of aliphatic hydroxyl groups excluding tert-OH is 1. The fraction of sp³-hybridized carbons (Fsp3) is 0.250. The molecule has 1 aromatic heterocycles. The van der Waals surface area contributed by atoms with E-state index in [-0.39, 0.29) is 17.3 Å². The molecule has 0 saturated heterocycles. The highest BCUT2D eigenvalue weighted by molar-refractivity contribution is 7.90. The molecule has 3 aromatic rings. The first kappa shape index (κ1) is 19.9. The molecule has 0 spiro atoms. The normalized spacial score (nSPS) is 22.1. The third-order valence-corrected chi connectivity index (χ3v) is 7.00. The number of aromatic nitrogens is 1. The average Bonchev–Trinajstić information content (AvgIpc) is 3.33. The van der Waals surface area contributed by atoms with E-state index in [4.69, 9.17) is 9.47 Å². The van der Waals surface area contributed by atoms with Crippen molar-refractivity contribution in [1.29, 1.82) is 0 Å². The Bertz CT molecular complexity index is 1130. The van der Waals surface area contributed by atoms with Crippen LogP contribution < -0.4 is 9.47 Å². The standard InChI is InChI=1S/C24H22N2O4S/c1-15-20(6-3-13-25-15)30-21-5-2-4-18-19(21)11-12-22(18)29-17-9-7-16(8-10-17)23-14-24(27)26-31(23)28/h2-10,13,22-23H,11-12,14H2,1H3,(H,26,27)/t22-,23?,31?/m1/s1. The number of ether oxygens (including phenoxy) is 2. The van der Waals surface area contributed by atoms with Crippen molar-refractivity contribution in [2.24, 2.45) is 4.40 Å². The zero-order valence-electron chi connectivity index (χ0n) is 17.0.